The van der Waals surface area contributed by atoms with E-state index in [0.29, 0.717) is 11.4 Å². The van der Waals surface area contributed by atoms with Crippen molar-refractivity contribution in [3.8, 4) is 11.1 Å². The van der Waals surface area contributed by atoms with Gasteiger partial charge in [-0.2, -0.15) is 0 Å². The third-order valence-corrected chi connectivity index (χ3v) is 2.79. The zero-order valence-electron chi connectivity index (χ0n) is 9.40. The molecular weight excluding hydrogens is 196 g/mol. The minimum Gasteiger partial charge on any atom is -0.397 e. The van der Waals surface area contributed by atoms with Crippen molar-refractivity contribution >= 4 is 11.4 Å². The van der Waals surface area contributed by atoms with Crippen LogP contribution in [0.4, 0.5) is 11.4 Å². The summed E-state index contributed by atoms with van der Waals surface area (Å²) >= 11 is 0. The summed E-state index contributed by atoms with van der Waals surface area (Å²) in [5.41, 5.74) is 16.5. The van der Waals surface area contributed by atoms with Crippen molar-refractivity contribution in [2.45, 2.75) is 13.3 Å². The number of nitrogens with two attached hydrogens (primary N) is 2. The second-order valence-corrected chi connectivity index (χ2v) is 3.86. The summed E-state index contributed by atoms with van der Waals surface area (Å²) in [6.07, 6.45) is 1.02. The van der Waals surface area contributed by atoms with Crippen molar-refractivity contribution in [2.24, 2.45) is 0 Å². The van der Waals surface area contributed by atoms with Gasteiger partial charge in [0.15, 0.2) is 0 Å². The molecule has 16 heavy (non-hydrogen) atoms. The molecule has 0 atom stereocenters. The number of hydrogen-bond acceptors (Lipinski definition) is 2. The summed E-state index contributed by atoms with van der Waals surface area (Å²) in [5, 5.41) is 0. The Hall–Kier alpha value is -1.96. The van der Waals surface area contributed by atoms with Crippen LogP contribution in [0.1, 0.15) is 12.5 Å². The highest BCUT2D eigenvalue weighted by molar-refractivity contribution is 5.84. The molecule has 0 saturated carbocycles. The van der Waals surface area contributed by atoms with Crippen LogP contribution in [0.5, 0.6) is 0 Å². The fourth-order valence-corrected chi connectivity index (χ4v) is 1.79. The molecule has 2 aromatic carbocycles. The van der Waals surface area contributed by atoms with Crippen LogP contribution in [0, 0.1) is 0 Å². The molecule has 0 saturated heterocycles. The number of para-hydroxylation sites is 1. The molecule has 2 aromatic rings. The van der Waals surface area contributed by atoms with Crippen LogP contribution < -0.4 is 11.5 Å². The molecule has 0 aromatic heterocycles. The van der Waals surface area contributed by atoms with Gasteiger partial charge >= 0.3 is 0 Å². The fourth-order valence-electron chi connectivity index (χ4n) is 1.79. The normalized spacial score (nSPS) is 10.3. The predicted molar refractivity (Wildman–Crippen MR) is 70.1 cm³/mol. The summed E-state index contributed by atoms with van der Waals surface area (Å²) in [6.45, 7) is 2.14. The minimum absolute atomic E-state index is 0.638. The van der Waals surface area contributed by atoms with E-state index in [1.807, 2.05) is 18.2 Å². The van der Waals surface area contributed by atoms with E-state index in [-0.39, 0.29) is 0 Å². The molecule has 2 rings (SSSR count). The highest BCUT2D eigenvalue weighted by Gasteiger charge is 2.04. The van der Waals surface area contributed by atoms with Gasteiger partial charge < -0.3 is 11.5 Å². The molecule has 2 heteroatoms. The molecule has 0 amide bonds. The molecule has 0 aliphatic rings. The molecule has 0 bridgehead atoms. The first-order valence-corrected chi connectivity index (χ1v) is 5.45. The Kier molecular flexibility index (Phi) is 2.82. The van der Waals surface area contributed by atoms with E-state index in [1.54, 1.807) is 0 Å². The zero-order valence-corrected chi connectivity index (χ0v) is 9.40. The smallest absolute Gasteiger partial charge is 0.0627 e. The van der Waals surface area contributed by atoms with Crippen LogP contribution in [0.2, 0.25) is 0 Å². The Bertz CT molecular complexity index is 504. The van der Waals surface area contributed by atoms with E-state index in [1.165, 1.54) is 5.56 Å². The number of benzene rings is 2. The van der Waals surface area contributed by atoms with Crippen LogP contribution in [0.15, 0.2) is 42.5 Å². The Balaban J connectivity index is 2.54. The van der Waals surface area contributed by atoms with E-state index < -0.39 is 0 Å². The average Bonchev–Trinajstić information content (AvgIpc) is 2.33. The molecule has 0 aliphatic heterocycles. The first kappa shape index (κ1) is 10.6. The lowest BCUT2D eigenvalue weighted by molar-refractivity contribution is 1.14. The van der Waals surface area contributed by atoms with Gasteiger partial charge in [0.25, 0.3) is 0 Å². The van der Waals surface area contributed by atoms with E-state index in [0.717, 1.165) is 17.5 Å². The molecule has 82 valence electrons. The molecular formula is C14H16N2. The lowest BCUT2D eigenvalue weighted by Crippen LogP contribution is -1.96. The van der Waals surface area contributed by atoms with E-state index in [4.69, 9.17) is 11.5 Å². The molecule has 0 unspecified atom stereocenters. The van der Waals surface area contributed by atoms with E-state index in [9.17, 15) is 0 Å². The summed E-state index contributed by atoms with van der Waals surface area (Å²) in [7, 11) is 0. The summed E-state index contributed by atoms with van der Waals surface area (Å²) in [4.78, 5) is 0. The van der Waals surface area contributed by atoms with Crippen LogP contribution in [0.25, 0.3) is 11.1 Å². The van der Waals surface area contributed by atoms with Crippen LogP contribution >= 0.6 is 0 Å². The predicted octanol–water partition coefficient (Wildman–Crippen LogP) is 3.08. The van der Waals surface area contributed by atoms with Crippen molar-refractivity contribution in [3.05, 3.63) is 48.0 Å². The number of nitrogen functional groups attached to an aromatic ring is 2. The quantitative estimate of drug-likeness (QED) is 0.751. The maximum absolute atomic E-state index is 5.98. The number of aryl methyl sites for hydroxylation is 1. The van der Waals surface area contributed by atoms with Gasteiger partial charge in [0, 0.05) is 5.56 Å². The van der Waals surface area contributed by atoms with E-state index in [2.05, 4.69) is 31.2 Å². The van der Waals surface area contributed by atoms with Crippen molar-refractivity contribution in [2.75, 3.05) is 11.5 Å². The van der Waals surface area contributed by atoms with Gasteiger partial charge in [-0.05, 0) is 23.6 Å². The first-order valence-electron chi connectivity index (χ1n) is 5.45. The molecule has 4 N–H and O–H groups in total. The molecule has 0 spiro atoms. The Morgan fingerprint density at radius 1 is 1.00 bits per heavy atom. The minimum atomic E-state index is 0.638. The third-order valence-electron chi connectivity index (χ3n) is 2.79. The lowest BCUT2D eigenvalue weighted by Gasteiger charge is -2.09. The highest BCUT2D eigenvalue weighted by Crippen LogP contribution is 2.30. The standard InChI is InChI=1S/C14H16N2/c1-2-10-5-3-6-11(9-10)12-7-4-8-13(15)14(12)16/h3-9H,2,15-16H2,1H3. The van der Waals surface area contributed by atoms with Crippen molar-refractivity contribution in [3.63, 3.8) is 0 Å². The molecule has 2 nitrogen and oxygen atoms in total. The SMILES string of the molecule is CCc1cccc(-c2cccc(N)c2N)c1. The number of rotatable bonds is 2. The molecule has 0 heterocycles. The van der Waals surface area contributed by atoms with Crippen molar-refractivity contribution in [1.82, 2.24) is 0 Å². The van der Waals surface area contributed by atoms with Gasteiger partial charge in [0.05, 0.1) is 11.4 Å². The van der Waals surface area contributed by atoms with E-state index >= 15 is 0 Å². The summed E-state index contributed by atoms with van der Waals surface area (Å²) in [5.74, 6) is 0. The van der Waals surface area contributed by atoms with Gasteiger partial charge in [-0.15, -0.1) is 0 Å². The van der Waals surface area contributed by atoms with Gasteiger partial charge in [-0.3, -0.25) is 0 Å². The van der Waals surface area contributed by atoms with Crippen molar-refractivity contribution in [1.29, 1.82) is 0 Å². The summed E-state index contributed by atoms with van der Waals surface area (Å²) < 4.78 is 0. The van der Waals surface area contributed by atoms with Gasteiger partial charge in [0.2, 0.25) is 0 Å². The average molecular weight is 212 g/mol. The fraction of sp³-hybridized carbons (Fsp3) is 0.143. The maximum atomic E-state index is 5.98. The van der Waals surface area contributed by atoms with Crippen LogP contribution in [-0.2, 0) is 6.42 Å². The summed E-state index contributed by atoms with van der Waals surface area (Å²) in [6, 6.07) is 14.1. The van der Waals surface area contributed by atoms with Crippen LogP contribution in [0.3, 0.4) is 0 Å². The Morgan fingerprint density at radius 3 is 2.50 bits per heavy atom. The number of anilines is 2. The van der Waals surface area contributed by atoms with Crippen molar-refractivity contribution < 1.29 is 0 Å². The first-order chi connectivity index (χ1) is 7.72. The zero-order chi connectivity index (χ0) is 11.5. The third kappa shape index (κ3) is 1.87. The molecule has 0 fully saturated rings. The Labute approximate surface area is 95.9 Å². The van der Waals surface area contributed by atoms with Crippen LogP contribution in [-0.4, -0.2) is 0 Å². The maximum Gasteiger partial charge on any atom is 0.0627 e. The monoisotopic (exact) mass is 212 g/mol. The molecule has 0 aliphatic carbocycles. The topological polar surface area (TPSA) is 52.0 Å². The van der Waals surface area contributed by atoms with Gasteiger partial charge in [0.1, 0.15) is 0 Å². The largest absolute Gasteiger partial charge is 0.397 e. The number of hydrogen-bond donors (Lipinski definition) is 2. The Morgan fingerprint density at radius 2 is 1.75 bits per heavy atom. The second kappa shape index (κ2) is 4.27. The van der Waals surface area contributed by atoms with Gasteiger partial charge in [-0.1, -0.05) is 43.3 Å². The van der Waals surface area contributed by atoms with Gasteiger partial charge in [-0.25, -0.2) is 0 Å². The molecule has 0 radical (unpaired) electrons. The second-order valence-electron chi connectivity index (χ2n) is 3.86. The lowest BCUT2D eigenvalue weighted by atomic mass is 10.00. The highest BCUT2D eigenvalue weighted by atomic mass is 14.7.